The average Bonchev–Trinajstić information content (AvgIpc) is 3.10. The van der Waals surface area contributed by atoms with E-state index in [-0.39, 0.29) is 24.0 Å². The Labute approximate surface area is 157 Å². The Hall–Kier alpha value is -2.67. The van der Waals surface area contributed by atoms with E-state index < -0.39 is 17.7 Å². The molecule has 0 fully saturated rings. The molecule has 0 aliphatic rings. The number of anilines is 1. The van der Waals surface area contributed by atoms with Crippen LogP contribution >= 0.6 is 15.9 Å². The van der Waals surface area contributed by atoms with Crippen molar-refractivity contribution in [2.45, 2.75) is 13.3 Å². The molecule has 1 aromatic heterocycles. The van der Waals surface area contributed by atoms with E-state index in [1.165, 1.54) is 18.4 Å². The summed E-state index contributed by atoms with van der Waals surface area (Å²) in [4.78, 5) is 24.3. The van der Waals surface area contributed by atoms with Crippen LogP contribution < -0.4 is 5.32 Å². The lowest BCUT2D eigenvalue weighted by molar-refractivity contribution is -0.142. The zero-order valence-corrected chi connectivity index (χ0v) is 15.4. The molecule has 5 nitrogen and oxygen atoms in total. The Morgan fingerprint density at radius 2 is 2.04 bits per heavy atom. The van der Waals surface area contributed by atoms with Crippen molar-refractivity contribution < 1.29 is 23.1 Å². The predicted octanol–water partition coefficient (Wildman–Crippen LogP) is 4.69. The van der Waals surface area contributed by atoms with Crippen LogP contribution in [0.15, 0.2) is 51.6 Å². The van der Waals surface area contributed by atoms with Gasteiger partial charge in [-0.1, -0.05) is 18.2 Å². The second-order valence-electron chi connectivity index (χ2n) is 5.48. The molecular formula is C19H15BrFNO4. The Morgan fingerprint density at radius 1 is 1.27 bits per heavy atom. The topological polar surface area (TPSA) is 68.5 Å². The van der Waals surface area contributed by atoms with Gasteiger partial charge in [-0.15, -0.1) is 0 Å². The second kappa shape index (κ2) is 7.70. The molecule has 1 heterocycles. The number of carbonyl (C=O) groups excluding carboxylic acids is 2. The van der Waals surface area contributed by atoms with Gasteiger partial charge in [-0.3, -0.25) is 9.59 Å². The molecule has 0 aliphatic carbocycles. The number of furan rings is 1. The van der Waals surface area contributed by atoms with Gasteiger partial charge in [0.1, 0.15) is 5.82 Å². The molecule has 26 heavy (non-hydrogen) atoms. The molecule has 0 aliphatic heterocycles. The van der Waals surface area contributed by atoms with Gasteiger partial charge in [-0.2, -0.15) is 0 Å². The van der Waals surface area contributed by atoms with Crippen molar-refractivity contribution in [2.75, 3.05) is 11.9 Å². The van der Waals surface area contributed by atoms with Crippen molar-refractivity contribution in [3.05, 3.63) is 64.1 Å². The van der Waals surface area contributed by atoms with Gasteiger partial charge in [0.2, 0.25) is 0 Å². The summed E-state index contributed by atoms with van der Waals surface area (Å²) in [5, 5.41) is 2.87. The zero-order valence-electron chi connectivity index (χ0n) is 13.8. The van der Waals surface area contributed by atoms with Gasteiger partial charge in [0, 0.05) is 5.69 Å². The van der Waals surface area contributed by atoms with Crippen LogP contribution in [-0.2, 0) is 16.0 Å². The van der Waals surface area contributed by atoms with Crippen LogP contribution in [0.3, 0.4) is 0 Å². The van der Waals surface area contributed by atoms with Crippen LogP contribution in [0.1, 0.15) is 22.8 Å². The molecule has 134 valence electrons. The lowest BCUT2D eigenvalue weighted by Gasteiger charge is -2.12. The van der Waals surface area contributed by atoms with E-state index in [0.29, 0.717) is 21.3 Å². The highest BCUT2D eigenvalue weighted by atomic mass is 79.9. The Balaban J connectivity index is 1.89. The fourth-order valence-corrected chi connectivity index (χ4v) is 3.12. The van der Waals surface area contributed by atoms with E-state index in [9.17, 15) is 14.0 Å². The zero-order chi connectivity index (χ0) is 18.7. The largest absolute Gasteiger partial charge is 0.466 e. The fraction of sp³-hybridized carbons (Fsp3) is 0.158. The monoisotopic (exact) mass is 419 g/mol. The lowest BCUT2D eigenvalue weighted by atomic mass is 10.1. The highest BCUT2D eigenvalue weighted by Gasteiger charge is 2.20. The number of hydrogen-bond donors (Lipinski definition) is 1. The van der Waals surface area contributed by atoms with Crippen LogP contribution in [0.2, 0.25) is 0 Å². The second-order valence-corrected chi connectivity index (χ2v) is 6.33. The van der Waals surface area contributed by atoms with Gasteiger partial charge in [-0.05, 0) is 46.6 Å². The van der Waals surface area contributed by atoms with Crippen molar-refractivity contribution in [3.63, 3.8) is 0 Å². The molecule has 1 N–H and O–H groups in total. The van der Waals surface area contributed by atoms with E-state index in [0.717, 1.165) is 0 Å². The fourth-order valence-electron chi connectivity index (χ4n) is 2.59. The predicted molar refractivity (Wildman–Crippen MR) is 98.6 cm³/mol. The van der Waals surface area contributed by atoms with E-state index in [1.807, 2.05) is 0 Å². The van der Waals surface area contributed by atoms with Crippen molar-refractivity contribution in [3.8, 4) is 0 Å². The van der Waals surface area contributed by atoms with Crippen molar-refractivity contribution in [2.24, 2.45) is 0 Å². The standard InChI is InChI=1S/C19H15BrFNO4/c1-2-25-16(23)9-11-5-3-4-6-15(11)22-19(24)13-10-14(20)18-12(17(13)21)7-8-26-18/h3-8,10H,2,9H2,1H3,(H,22,24). The summed E-state index contributed by atoms with van der Waals surface area (Å²) in [6.07, 6.45) is 1.37. The van der Waals surface area contributed by atoms with Crippen LogP contribution in [0, 0.1) is 5.82 Å². The minimum atomic E-state index is -0.669. The highest BCUT2D eigenvalue weighted by Crippen LogP contribution is 2.30. The molecule has 0 unspecified atom stereocenters. The van der Waals surface area contributed by atoms with Gasteiger partial charge in [-0.25, -0.2) is 4.39 Å². The molecule has 3 aromatic rings. The van der Waals surface area contributed by atoms with E-state index in [4.69, 9.17) is 9.15 Å². The number of benzene rings is 2. The molecule has 3 rings (SSSR count). The average molecular weight is 420 g/mol. The first-order valence-electron chi connectivity index (χ1n) is 7.91. The maximum Gasteiger partial charge on any atom is 0.310 e. The van der Waals surface area contributed by atoms with Crippen molar-refractivity contribution in [1.29, 1.82) is 0 Å². The molecule has 0 atom stereocenters. The molecule has 0 saturated heterocycles. The number of hydrogen-bond acceptors (Lipinski definition) is 4. The minimum absolute atomic E-state index is 0.0111. The molecule has 2 aromatic carbocycles. The van der Waals surface area contributed by atoms with Gasteiger partial charge < -0.3 is 14.5 Å². The Kier molecular flexibility index (Phi) is 5.37. The third-order valence-corrected chi connectivity index (χ3v) is 4.37. The van der Waals surface area contributed by atoms with Gasteiger partial charge in [0.05, 0.1) is 34.7 Å². The number of fused-ring (bicyclic) bond motifs is 1. The van der Waals surface area contributed by atoms with Gasteiger partial charge >= 0.3 is 5.97 Å². The molecule has 0 saturated carbocycles. The summed E-state index contributed by atoms with van der Waals surface area (Å²) in [5.41, 5.74) is 1.22. The van der Waals surface area contributed by atoms with E-state index in [1.54, 1.807) is 31.2 Å². The summed E-state index contributed by atoms with van der Waals surface area (Å²) in [5.74, 6) is -1.69. The van der Waals surface area contributed by atoms with Crippen molar-refractivity contribution in [1.82, 2.24) is 0 Å². The first kappa shape index (κ1) is 18.1. The smallest absolute Gasteiger partial charge is 0.310 e. The normalized spacial score (nSPS) is 10.7. The number of halogens is 2. The number of amides is 1. The number of para-hydroxylation sites is 1. The Morgan fingerprint density at radius 3 is 2.81 bits per heavy atom. The third kappa shape index (κ3) is 3.62. The number of nitrogens with one attached hydrogen (secondary N) is 1. The summed E-state index contributed by atoms with van der Waals surface area (Å²) in [6.45, 7) is 2.00. The number of rotatable bonds is 5. The first-order valence-corrected chi connectivity index (χ1v) is 8.70. The maximum absolute atomic E-state index is 14.6. The summed E-state index contributed by atoms with van der Waals surface area (Å²) < 4.78 is 25.2. The maximum atomic E-state index is 14.6. The number of carbonyl (C=O) groups is 2. The lowest BCUT2D eigenvalue weighted by Crippen LogP contribution is -2.16. The first-order chi connectivity index (χ1) is 12.5. The minimum Gasteiger partial charge on any atom is -0.466 e. The summed E-state index contributed by atoms with van der Waals surface area (Å²) in [7, 11) is 0. The van der Waals surface area contributed by atoms with Crippen molar-refractivity contribution >= 4 is 44.5 Å². The molecule has 0 spiro atoms. The Bertz CT molecular complexity index is 983. The quantitative estimate of drug-likeness (QED) is 0.608. The van der Waals surface area contributed by atoms with Crippen LogP contribution in [0.25, 0.3) is 11.0 Å². The third-order valence-electron chi connectivity index (χ3n) is 3.78. The summed E-state index contributed by atoms with van der Waals surface area (Å²) >= 11 is 3.28. The number of esters is 1. The van der Waals surface area contributed by atoms with Gasteiger partial charge in [0.15, 0.2) is 5.58 Å². The molecule has 0 bridgehead atoms. The van der Waals surface area contributed by atoms with E-state index in [2.05, 4.69) is 21.2 Å². The molecule has 7 heteroatoms. The highest BCUT2D eigenvalue weighted by molar-refractivity contribution is 9.10. The van der Waals surface area contributed by atoms with Crippen LogP contribution in [0.4, 0.5) is 10.1 Å². The summed E-state index contributed by atoms with van der Waals surface area (Å²) in [6, 6.07) is 9.65. The van der Waals surface area contributed by atoms with Crippen LogP contribution in [0.5, 0.6) is 0 Å². The van der Waals surface area contributed by atoms with E-state index >= 15 is 0 Å². The van der Waals surface area contributed by atoms with Gasteiger partial charge in [0.25, 0.3) is 5.91 Å². The van der Waals surface area contributed by atoms with Crippen LogP contribution in [-0.4, -0.2) is 18.5 Å². The molecule has 0 radical (unpaired) electrons. The molecular weight excluding hydrogens is 405 g/mol. The number of ether oxygens (including phenoxy) is 1. The SMILES string of the molecule is CCOC(=O)Cc1ccccc1NC(=O)c1cc(Br)c2occc2c1F. The molecule has 1 amide bonds.